The fraction of sp³-hybridized carbons (Fsp3) is 0. The van der Waals surface area contributed by atoms with E-state index in [2.05, 4.69) is 22.8 Å². The molecule has 11 aromatic rings. The van der Waals surface area contributed by atoms with Gasteiger partial charge in [-0.1, -0.05) is 60.7 Å². The number of rotatable bonds is 3. The van der Waals surface area contributed by atoms with E-state index in [4.69, 9.17) is 14.4 Å². The summed E-state index contributed by atoms with van der Waals surface area (Å²) in [5, 5.41) is 6.64. The molecule has 0 radical (unpaired) electrons. The van der Waals surface area contributed by atoms with Gasteiger partial charge in [0.05, 0.1) is 26.8 Å². The lowest BCUT2D eigenvalue weighted by atomic mass is 10.0. The zero-order valence-corrected chi connectivity index (χ0v) is 28.1. The Balaban J connectivity index is 1.28. The predicted octanol–water partition coefficient (Wildman–Crippen LogP) is 10.2. The van der Waals surface area contributed by atoms with E-state index in [0.29, 0.717) is 32.8 Å². The first kappa shape index (κ1) is 28.9. The van der Waals surface area contributed by atoms with Crippen LogP contribution in [-0.4, -0.2) is 19.1 Å². The molecule has 7 nitrogen and oxygen atoms in total. The molecule has 0 aliphatic rings. The molecule has 0 saturated heterocycles. The smallest absolute Gasteiger partial charge is 0.266 e. The molecule has 5 aromatic heterocycles. The second kappa shape index (κ2) is 10.8. The van der Waals surface area contributed by atoms with Gasteiger partial charge in [0, 0.05) is 44.4 Å². The highest BCUT2D eigenvalue weighted by molar-refractivity contribution is 7.21. The SMILES string of the molecule is O=c1c2cc3c(cc2c2cc4c5cccnc5n(-c5cccc(-c6nc7ccccc7s6)c5)c4cc2c(=O)n1-c1ccccc1)oc1ccccc13. The minimum absolute atomic E-state index is 0.391. The summed E-state index contributed by atoms with van der Waals surface area (Å²) < 4.78 is 10.8. The monoisotopic (exact) mass is 688 g/mol. The third-order valence-electron chi connectivity index (χ3n) is 10.00. The lowest BCUT2D eigenvalue weighted by Crippen LogP contribution is -2.28. The van der Waals surface area contributed by atoms with Gasteiger partial charge in [-0.15, -0.1) is 11.3 Å². The zero-order chi connectivity index (χ0) is 34.5. The van der Waals surface area contributed by atoms with Crippen LogP contribution in [0.15, 0.2) is 160 Å². The quantitative estimate of drug-likeness (QED) is 0.185. The number of hydrogen-bond donors (Lipinski definition) is 0. The highest BCUT2D eigenvalue weighted by atomic mass is 32.1. The molecular formula is C44H24N4O3S. The fourth-order valence-corrected chi connectivity index (χ4v) is 8.60. The molecule has 6 aromatic carbocycles. The number of pyridine rings is 1. The summed E-state index contributed by atoms with van der Waals surface area (Å²) in [6.45, 7) is 0. The van der Waals surface area contributed by atoms with Gasteiger partial charge in [0.25, 0.3) is 11.1 Å². The standard InChI is InChI=1S/C44H24N4O3S/c49-43-34-22-33-28-14-4-6-17-38(28)51-39(33)24-31(34)30-21-32-29-15-9-19-45-41(29)47(37(32)23-35(30)44(50)48(43)26-11-2-1-3-12-26)27-13-8-10-25(20-27)42-46-36-16-5-7-18-40(36)52-42/h1-24H. The Labute approximate surface area is 297 Å². The van der Waals surface area contributed by atoms with Crippen LogP contribution in [0.2, 0.25) is 0 Å². The van der Waals surface area contributed by atoms with Gasteiger partial charge in [0.1, 0.15) is 21.8 Å². The fourth-order valence-electron chi connectivity index (χ4n) is 7.64. The number of aromatic nitrogens is 4. The highest BCUT2D eigenvalue weighted by Crippen LogP contribution is 2.38. The summed E-state index contributed by atoms with van der Waals surface area (Å²) in [5.74, 6) is 0. The lowest BCUT2D eigenvalue weighted by Gasteiger charge is -2.09. The van der Waals surface area contributed by atoms with Gasteiger partial charge in [-0.3, -0.25) is 14.2 Å². The molecule has 0 aliphatic heterocycles. The Hall–Kier alpha value is -6.90. The van der Waals surface area contributed by atoms with Crippen LogP contribution in [0.3, 0.4) is 0 Å². The normalized spacial score (nSPS) is 12.0. The second-order valence-corrected chi connectivity index (χ2v) is 14.0. The third kappa shape index (κ3) is 4.12. The van der Waals surface area contributed by atoms with Crippen LogP contribution in [0.5, 0.6) is 0 Å². The molecular weight excluding hydrogens is 665 g/mol. The van der Waals surface area contributed by atoms with Crippen molar-refractivity contribution in [3.8, 4) is 21.9 Å². The molecule has 0 saturated carbocycles. The minimum Gasteiger partial charge on any atom is -0.456 e. The molecule has 0 atom stereocenters. The Bertz CT molecular complexity index is 3380. The minimum atomic E-state index is -0.404. The Morgan fingerprint density at radius 1 is 0.519 bits per heavy atom. The van der Waals surface area contributed by atoms with Crippen molar-refractivity contribution in [2.45, 2.75) is 0 Å². The molecule has 0 N–H and O–H groups in total. The zero-order valence-electron chi connectivity index (χ0n) is 27.3. The molecule has 0 bridgehead atoms. The molecule has 0 amide bonds. The summed E-state index contributed by atoms with van der Waals surface area (Å²) in [6, 6.07) is 45.0. The topological polar surface area (TPSA) is 82.9 Å². The van der Waals surface area contributed by atoms with Crippen LogP contribution in [0.4, 0.5) is 0 Å². The maximum absolute atomic E-state index is 14.8. The third-order valence-corrected chi connectivity index (χ3v) is 11.1. The Kier molecular flexibility index (Phi) is 6.00. The van der Waals surface area contributed by atoms with E-state index in [1.807, 2.05) is 109 Å². The predicted molar refractivity (Wildman–Crippen MR) is 211 cm³/mol. The van der Waals surface area contributed by atoms with Gasteiger partial charge in [-0.25, -0.2) is 14.5 Å². The molecule has 0 unspecified atom stereocenters. The van der Waals surface area contributed by atoms with E-state index < -0.39 is 11.1 Å². The number of para-hydroxylation sites is 3. The molecule has 0 fully saturated rings. The molecule has 5 heterocycles. The van der Waals surface area contributed by atoms with Crippen molar-refractivity contribution < 1.29 is 4.42 Å². The number of hydrogen-bond acceptors (Lipinski definition) is 6. The average molecular weight is 689 g/mol. The van der Waals surface area contributed by atoms with Crippen LogP contribution >= 0.6 is 11.3 Å². The number of thiazole rings is 1. The van der Waals surface area contributed by atoms with Crippen molar-refractivity contribution in [2.24, 2.45) is 0 Å². The second-order valence-electron chi connectivity index (χ2n) is 12.9. The Morgan fingerprint density at radius 3 is 2.13 bits per heavy atom. The highest BCUT2D eigenvalue weighted by Gasteiger charge is 2.21. The average Bonchev–Trinajstić information content (AvgIpc) is 3.87. The first-order valence-corrected chi connectivity index (χ1v) is 17.7. The van der Waals surface area contributed by atoms with Crippen molar-refractivity contribution >= 4 is 87.0 Å². The van der Waals surface area contributed by atoms with Gasteiger partial charge in [0.2, 0.25) is 0 Å². The van der Waals surface area contributed by atoms with Gasteiger partial charge in [-0.2, -0.15) is 0 Å². The van der Waals surface area contributed by atoms with E-state index in [0.717, 1.165) is 64.8 Å². The van der Waals surface area contributed by atoms with Gasteiger partial charge in [0.15, 0.2) is 0 Å². The summed E-state index contributed by atoms with van der Waals surface area (Å²) in [7, 11) is 0. The van der Waals surface area contributed by atoms with E-state index in [9.17, 15) is 9.59 Å². The molecule has 8 heteroatoms. The maximum atomic E-state index is 14.8. The van der Waals surface area contributed by atoms with Gasteiger partial charge < -0.3 is 4.42 Å². The maximum Gasteiger partial charge on any atom is 0.266 e. The van der Waals surface area contributed by atoms with Crippen molar-refractivity contribution in [1.82, 2.24) is 19.1 Å². The van der Waals surface area contributed by atoms with Gasteiger partial charge >= 0.3 is 0 Å². The molecule has 0 spiro atoms. The van der Waals surface area contributed by atoms with Crippen LogP contribution in [0.1, 0.15) is 0 Å². The number of fused-ring (bicyclic) bond motifs is 10. The summed E-state index contributed by atoms with van der Waals surface area (Å²) in [6.07, 6.45) is 1.79. The molecule has 52 heavy (non-hydrogen) atoms. The van der Waals surface area contributed by atoms with Crippen molar-refractivity contribution in [2.75, 3.05) is 0 Å². The van der Waals surface area contributed by atoms with Crippen LogP contribution in [0.25, 0.3) is 97.6 Å². The van der Waals surface area contributed by atoms with Gasteiger partial charge in [-0.05, 0) is 89.6 Å². The summed E-state index contributed by atoms with van der Waals surface area (Å²) in [5.41, 5.74) is 5.48. The van der Waals surface area contributed by atoms with E-state index >= 15 is 0 Å². The molecule has 244 valence electrons. The van der Waals surface area contributed by atoms with Crippen molar-refractivity contribution in [3.05, 3.63) is 166 Å². The largest absolute Gasteiger partial charge is 0.456 e. The number of furan rings is 1. The number of benzene rings is 6. The molecule has 11 rings (SSSR count). The first-order valence-electron chi connectivity index (χ1n) is 16.9. The van der Waals surface area contributed by atoms with Crippen molar-refractivity contribution in [3.63, 3.8) is 0 Å². The van der Waals surface area contributed by atoms with E-state index in [1.54, 1.807) is 29.7 Å². The Morgan fingerprint density at radius 2 is 1.25 bits per heavy atom. The lowest BCUT2D eigenvalue weighted by molar-refractivity contribution is 0.669. The number of nitrogens with zero attached hydrogens (tertiary/aromatic N) is 4. The van der Waals surface area contributed by atoms with E-state index in [1.165, 1.54) is 4.57 Å². The molecule has 0 aliphatic carbocycles. The first-order chi connectivity index (χ1) is 25.6. The van der Waals surface area contributed by atoms with Crippen LogP contribution in [0, 0.1) is 0 Å². The van der Waals surface area contributed by atoms with Crippen LogP contribution < -0.4 is 11.1 Å². The summed E-state index contributed by atoms with van der Waals surface area (Å²) in [4.78, 5) is 39.3. The van der Waals surface area contributed by atoms with E-state index in [-0.39, 0.29) is 0 Å². The van der Waals surface area contributed by atoms with Crippen molar-refractivity contribution in [1.29, 1.82) is 0 Å². The summed E-state index contributed by atoms with van der Waals surface area (Å²) >= 11 is 1.65. The van der Waals surface area contributed by atoms with Crippen LogP contribution in [-0.2, 0) is 0 Å².